The molecule has 2 rings (SSSR count). The first-order valence-corrected chi connectivity index (χ1v) is 7.50. The van der Waals surface area contributed by atoms with E-state index in [2.05, 4.69) is 0 Å². The Bertz CT molecular complexity index is 533. The zero-order valence-corrected chi connectivity index (χ0v) is 10.7. The summed E-state index contributed by atoms with van der Waals surface area (Å²) in [4.78, 5) is -0.203. The predicted octanol–water partition coefficient (Wildman–Crippen LogP) is 2.05. The summed E-state index contributed by atoms with van der Waals surface area (Å²) in [5.74, 6) is -1.48. The van der Waals surface area contributed by atoms with Gasteiger partial charge in [0.15, 0.2) is 11.6 Å². The fourth-order valence-electron chi connectivity index (χ4n) is 1.67. The molecule has 1 atom stereocenters. The normalized spacial score (nSPS) is 21.9. The van der Waals surface area contributed by atoms with Crippen LogP contribution in [-0.2, 0) is 10.0 Å². The Balaban J connectivity index is 2.41. The van der Waals surface area contributed by atoms with Gasteiger partial charge in [0.2, 0.25) is 10.0 Å². The second kappa shape index (κ2) is 4.55. The van der Waals surface area contributed by atoms with Gasteiger partial charge in [0.1, 0.15) is 0 Å². The van der Waals surface area contributed by atoms with Crippen molar-refractivity contribution in [3.8, 4) is 0 Å². The Labute approximate surface area is 103 Å². The summed E-state index contributed by atoms with van der Waals surface area (Å²) >= 11 is 1.51. The second-order valence-corrected chi connectivity index (χ2v) is 6.98. The van der Waals surface area contributed by atoms with Crippen LogP contribution in [-0.4, -0.2) is 30.4 Å². The Morgan fingerprint density at radius 3 is 2.59 bits per heavy atom. The summed E-state index contributed by atoms with van der Waals surface area (Å²) < 4.78 is 51.3. The van der Waals surface area contributed by atoms with E-state index in [0.29, 0.717) is 12.3 Å². The summed E-state index contributed by atoms with van der Waals surface area (Å²) in [5.41, 5.74) is 0. The van der Waals surface area contributed by atoms with E-state index >= 15 is 0 Å². The number of rotatable bonds is 2. The molecule has 1 aromatic rings. The highest BCUT2D eigenvalue weighted by atomic mass is 32.2. The van der Waals surface area contributed by atoms with Crippen molar-refractivity contribution in [3.63, 3.8) is 0 Å². The third-order valence-corrected chi connectivity index (χ3v) is 5.83. The summed E-state index contributed by atoms with van der Waals surface area (Å²) in [7, 11) is -3.72. The molecule has 3 nitrogen and oxygen atoms in total. The molecule has 0 amide bonds. The Hall–Kier alpha value is -0.660. The Morgan fingerprint density at radius 2 is 2.06 bits per heavy atom. The molecule has 17 heavy (non-hydrogen) atoms. The summed E-state index contributed by atoms with van der Waals surface area (Å²) in [5, 5.41) is -0.173. The van der Waals surface area contributed by atoms with Crippen molar-refractivity contribution in [1.82, 2.24) is 4.31 Å². The summed E-state index contributed by atoms with van der Waals surface area (Å²) in [6, 6.07) is 2.64. The van der Waals surface area contributed by atoms with Crippen molar-refractivity contribution in [1.29, 1.82) is 0 Å². The van der Waals surface area contributed by atoms with Gasteiger partial charge >= 0.3 is 0 Å². The van der Waals surface area contributed by atoms with Gasteiger partial charge in [-0.25, -0.2) is 17.2 Å². The number of halogens is 2. The molecule has 0 radical (unpaired) electrons. The lowest BCUT2D eigenvalue weighted by molar-refractivity contribution is 0.440. The van der Waals surface area contributed by atoms with Crippen LogP contribution >= 0.6 is 11.8 Å². The van der Waals surface area contributed by atoms with Gasteiger partial charge in [0.05, 0.1) is 10.3 Å². The molecular formula is C10H11F2NO2S2. The van der Waals surface area contributed by atoms with Crippen molar-refractivity contribution in [2.24, 2.45) is 0 Å². The van der Waals surface area contributed by atoms with Crippen LogP contribution in [0, 0.1) is 11.6 Å². The van der Waals surface area contributed by atoms with Crippen LogP contribution in [0.4, 0.5) is 8.78 Å². The fraction of sp³-hybridized carbons (Fsp3) is 0.400. The molecule has 7 heteroatoms. The van der Waals surface area contributed by atoms with Gasteiger partial charge in [-0.3, -0.25) is 0 Å². The van der Waals surface area contributed by atoms with E-state index < -0.39 is 21.7 Å². The van der Waals surface area contributed by atoms with Crippen LogP contribution < -0.4 is 0 Å². The lowest BCUT2D eigenvalue weighted by Crippen LogP contribution is -2.33. The van der Waals surface area contributed by atoms with Crippen molar-refractivity contribution in [3.05, 3.63) is 29.8 Å². The maximum absolute atomic E-state index is 13.0. The third kappa shape index (κ3) is 2.31. The average Bonchev–Trinajstić information content (AvgIpc) is 2.69. The van der Waals surface area contributed by atoms with Crippen molar-refractivity contribution in [2.75, 3.05) is 12.3 Å². The maximum atomic E-state index is 13.0. The quantitative estimate of drug-likeness (QED) is 0.831. The van der Waals surface area contributed by atoms with E-state index in [4.69, 9.17) is 0 Å². The number of hydrogen-bond acceptors (Lipinski definition) is 3. The van der Waals surface area contributed by atoms with Gasteiger partial charge in [-0.1, -0.05) is 0 Å². The molecule has 1 aliphatic heterocycles. The van der Waals surface area contributed by atoms with Crippen LogP contribution in [0.25, 0.3) is 0 Å². The van der Waals surface area contributed by atoms with Crippen molar-refractivity contribution in [2.45, 2.75) is 17.2 Å². The predicted molar refractivity (Wildman–Crippen MR) is 62.2 cm³/mol. The lowest BCUT2D eigenvalue weighted by atomic mass is 10.3. The molecule has 1 aliphatic rings. The number of hydrogen-bond donors (Lipinski definition) is 0. The highest BCUT2D eigenvalue weighted by molar-refractivity contribution is 8.01. The van der Waals surface area contributed by atoms with Gasteiger partial charge in [-0.15, -0.1) is 11.8 Å². The molecule has 0 bridgehead atoms. The number of nitrogens with zero attached hydrogens (tertiary/aromatic N) is 1. The molecule has 1 fully saturated rings. The SMILES string of the molecule is CC1SCCN1S(=O)(=O)c1ccc(F)c(F)c1. The maximum Gasteiger partial charge on any atom is 0.244 e. The molecule has 1 unspecified atom stereocenters. The highest BCUT2D eigenvalue weighted by Gasteiger charge is 2.33. The van der Waals surface area contributed by atoms with Crippen molar-refractivity contribution >= 4 is 21.8 Å². The van der Waals surface area contributed by atoms with E-state index in [1.165, 1.54) is 16.1 Å². The van der Waals surface area contributed by atoms with Crippen LogP contribution in [0.5, 0.6) is 0 Å². The smallest absolute Gasteiger partial charge is 0.207 e. The standard InChI is InChI=1S/C10H11F2NO2S2/c1-7-13(4-5-16-7)17(14,15)8-2-3-9(11)10(12)6-8/h2-3,6-7H,4-5H2,1H3. The van der Waals surface area contributed by atoms with E-state index in [1.54, 1.807) is 6.92 Å². The molecule has 94 valence electrons. The minimum atomic E-state index is -3.72. The first-order valence-electron chi connectivity index (χ1n) is 5.01. The molecule has 0 saturated carbocycles. The first kappa shape index (κ1) is 12.8. The van der Waals surface area contributed by atoms with Crippen LogP contribution in [0.1, 0.15) is 6.92 Å². The Morgan fingerprint density at radius 1 is 1.35 bits per heavy atom. The van der Waals surface area contributed by atoms with E-state index in [0.717, 1.165) is 18.2 Å². The monoisotopic (exact) mass is 279 g/mol. The second-order valence-electron chi connectivity index (χ2n) is 3.66. The van der Waals surface area contributed by atoms with Gasteiger partial charge in [-0.2, -0.15) is 4.31 Å². The zero-order chi connectivity index (χ0) is 12.6. The molecule has 0 spiro atoms. The molecule has 0 N–H and O–H groups in total. The number of sulfonamides is 1. The topological polar surface area (TPSA) is 37.4 Å². The van der Waals surface area contributed by atoms with Crippen LogP contribution in [0.3, 0.4) is 0 Å². The minimum Gasteiger partial charge on any atom is -0.207 e. The van der Waals surface area contributed by atoms with Crippen LogP contribution in [0.15, 0.2) is 23.1 Å². The zero-order valence-electron chi connectivity index (χ0n) is 9.06. The minimum absolute atomic E-state index is 0.173. The molecule has 0 aliphatic carbocycles. The largest absolute Gasteiger partial charge is 0.244 e. The molecule has 0 aromatic heterocycles. The highest BCUT2D eigenvalue weighted by Crippen LogP contribution is 2.29. The molecule has 1 aromatic carbocycles. The molecule has 1 heterocycles. The van der Waals surface area contributed by atoms with Gasteiger partial charge in [-0.05, 0) is 25.1 Å². The fourth-order valence-corrected chi connectivity index (χ4v) is 4.71. The molecule has 1 saturated heterocycles. The van der Waals surface area contributed by atoms with E-state index in [9.17, 15) is 17.2 Å². The molecular weight excluding hydrogens is 268 g/mol. The van der Waals surface area contributed by atoms with E-state index in [-0.39, 0.29) is 10.3 Å². The van der Waals surface area contributed by atoms with Crippen molar-refractivity contribution < 1.29 is 17.2 Å². The summed E-state index contributed by atoms with van der Waals surface area (Å²) in [6.07, 6.45) is 0. The van der Waals surface area contributed by atoms with Crippen LogP contribution in [0.2, 0.25) is 0 Å². The van der Waals surface area contributed by atoms with E-state index in [1.807, 2.05) is 0 Å². The third-order valence-electron chi connectivity index (χ3n) is 2.57. The lowest BCUT2D eigenvalue weighted by Gasteiger charge is -2.19. The van der Waals surface area contributed by atoms with Gasteiger partial charge < -0.3 is 0 Å². The van der Waals surface area contributed by atoms with Gasteiger partial charge in [0, 0.05) is 12.3 Å². The first-order chi connectivity index (χ1) is 7.93. The summed E-state index contributed by atoms with van der Waals surface area (Å²) in [6.45, 7) is 2.17. The van der Waals surface area contributed by atoms with Gasteiger partial charge in [0.25, 0.3) is 0 Å². The number of benzene rings is 1. The Kier molecular flexibility index (Phi) is 3.42. The average molecular weight is 279 g/mol. The number of thioether (sulfide) groups is 1.